The Hall–Kier alpha value is -1.00. The van der Waals surface area contributed by atoms with E-state index < -0.39 is 0 Å². The molecule has 0 radical (unpaired) electrons. The Kier molecular flexibility index (Phi) is 5.28. The van der Waals surface area contributed by atoms with Gasteiger partial charge in [0.2, 0.25) is 0 Å². The monoisotopic (exact) mass is 292 g/mol. The molecule has 0 heterocycles. The van der Waals surface area contributed by atoms with E-state index in [1.807, 2.05) is 36.4 Å². The molecule has 4 heteroatoms. The zero-order valence-electron chi connectivity index (χ0n) is 10.8. The Morgan fingerprint density at radius 1 is 1.16 bits per heavy atom. The van der Waals surface area contributed by atoms with Gasteiger partial charge in [-0.2, -0.15) is 0 Å². The minimum Gasteiger partial charge on any atom is -0.271 e. The fourth-order valence-electron chi connectivity index (χ4n) is 1.94. The molecule has 0 aromatic heterocycles. The van der Waals surface area contributed by atoms with Crippen molar-refractivity contribution in [2.45, 2.75) is 17.9 Å². The summed E-state index contributed by atoms with van der Waals surface area (Å²) in [5.74, 6) is 6.52. The van der Waals surface area contributed by atoms with E-state index in [9.17, 15) is 0 Å². The number of nitrogens with one attached hydrogen (secondary N) is 1. The van der Waals surface area contributed by atoms with Gasteiger partial charge in [-0.15, -0.1) is 11.8 Å². The van der Waals surface area contributed by atoms with Crippen molar-refractivity contribution in [1.82, 2.24) is 5.43 Å². The number of rotatable bonds is 5. The molecule has 0 aliphatic rings. The Morgan fingerprint density at radius 3 is 2.53 bits per heavy atom. The summed E-state index contributed by atoms with van der Waals surface area (Å²) in [7, 11) is 0. The summed E-state index contributed by atoms with van der Waals surface area (Å²) in [6.07, 6.45) is 0. The van der Waals surface area contributed by atoms with Gasteiger partial charge in [-0.3, -0.25) is 11.3 Å². The number of hydrogen-bond donors (Lipinski definition) is 2. The maximum absolute atomic E-state index is 6.16. The quantitative estimate of drug-likeness (QED) is 0.498. The summed E-state index contributed by atoms with van der Waals surface area (Å²) in [6.45, 7) is 2.10. The van der Waals surface area contributed by atoms with Crippen molar-refractivity contribution in [3.05, 3.63) is 64.7 Å². The van der Waals surface area contributed by atoms with Crippen LogP contribution in [-0.4, -0.2) is 5.75 Å². The molecule has 0 spiro atoms. The summed E-state index contributed by atoms with van der Waals surface area (Å²) in [6, 6.07) is 16.2. The molecular formula is C15H17ClN2S. The van der Waals surface area contributed by atoms with Crippen molar-refractivity contribution in [3.8, 4) is 0 Å². The predicted octanol–water partition coefficient (Wildman–Crippen LogP) is 3.95. The lowest BCUT2D eigenvalue weighted by molar-refractivity contribution is 0.608. The van der Waals surface area contributed by atoms with Crippen LogP contribution in [0.4, 0.5) is 0 Å². The van der Waals surface area contributed by atoms with Gasteiger partial charge in [0.25, 0.3) is 0 Å². The SMILES string of the molecule is Cc1ccccc1C(CSc1ccccc1Cl)NN. The first-order chi connectivity index (χ1) is 9.22. The van der Waals surface area contributed by atoms with Crippen molar-refractivity contribution >= 4 is 23.4 Å². The molecule has 0 saturated carbocycles. The van der Waals surface area contributed by atoms with Crippen LogP contribution in [0.1, 0.15) is 17.2 Å². The summed E-state index contributed by atoms with van der Waals surface area (Å²) in [5.41, 5.74) is 5.35. The highest BCUT2D eigenvalue weighted by molar-refractivity contribution is 7.99. The third kappa shape index (κ3) is 3.74. The van der Waals surface area contributed by atoms with Crippen LogP contribution in [0.5, 0.6) is 0 Å². The normalized spacial score (nSPS) is 12.4. The molecule has 2 nitrogen and oxygen atoms in total. The first kappa shape index (κ1) is 14.4. The van der Waals surface area contributed by atoms with E-state index >= 15 is 0 Å². The van der Waals surface area contributed by atoms with E-state index in [0.717, 1.165) is 15.7 Å². The van der Waals surface area contributed by atoms with Crippen LogP contribution in [-0.2, 0) is 0 Å². The maximum atomic E-state index is 6.16. The Morgan fingerprint density at radius 2 is 1.84 bits per heavy atom. The third-order valence-corrected chi connectivity index (χ3v) is 4.62. The number of aryl methyl sites for hydroxylation is 1. The van der Waals surface area contributed by atoms with Crippen LogP contribution in [0.2, 0.25) is 5.02 Å². The molecule has 19 heavy (non-hydrogen) atoms. The molecule has 0 fully saturated rings. The number of thioether (sulfide) groups is 1. The largest absolute Gasteiger partial charge is 0.271 e. The van der Waals surface area contributed by atoms with E-state index in [-0.39, 0.29) is 6.04 Å². The van der Waals surface area contributed by atoms with Gasteiger partial charge >= 0.3 is 0 Å². The second-order valence-corrected chi connectivity index (χ2v) is 5.79. The fraction of sp³-hybridized carbons (Fsp3) is 0.200. The molecule has 2 aromatic carbocycles. The van der Waals surface area contributed by atoms with Gasteiger partial charge in [-0.05, 0) is 30.2 Å². The number of hydrazine groups is 1. The van der Waals surface area contributed by atoms with Crippen molar-refractivity contribution < 1.29 is 0 Å². The van der Waals surface area contributed by atoms with Gasteiger partial charge in [-0.1, -0.05) is 48.0 Å². The standard InChI is InChI=1S/C15H17ClN2S/c1-11-6-2-3-7-12(11)14(18-17)10-19-15-9-5-4-8-13(15)16/h2-9,14,18H,10,17H2,1H3. The fourth-order valence-corrected chi connectivity index (χ4v) is 3.24. The van der Waals surface area contributed by atoms with E-state index in [2.05, 4.69) is 24.5 Å². The Labute approximate surface area is 123 Å². The third-order valence-electron chi connectivity index (χ3n) is 3.01. The predicted molar refractivity (Wildman–Crippen MR) is 83.4 cm³/mol. The zero-order valence-corrected chi connectivity index (χ0v) is 12.3. The molecule has 1 atom stereocenters. The average molecular weight is 293 g/mol. The van der Waals surface area contributed by atoms with Crippen LogP contribution >= 0.6 is 23.4 Å². The van der Waals surface area contributed by atoms with E-state index in [1.54, 1.807) is 11.8 Å². The van der Waals surface area contributed by atoms with Gasteiger partial charge in [0.1, 0.15) is 0 Å². The molecule has 100 valence electrons. The maximum Gasteiger partial charge on any atom is 0.0556 e. The van der Waals surface area contributed by atoms with Crippen molar-refractivity contribution in [1.29, 1.82) is 0 Å². The first-order valence-electron chi connectivity index (χ1n) is 6.11. The summed E-state index contributed by atoms with van der Waals surface area (Å²) < 4.78 is 0. The van der Waals surface area contributed by atoms with Crippen molar-refractivity contribution in [2.75, 3.05) is 5.75 Å². The first-order valence-corrected chi connectivity index (χ1v) is 7.47. The minimum absolute atomic E-state index is 0.113. The van der Waals surface area contributed by atoms with Crippen LogP contribution in [0.25, 0.3) is 0 Å². The molecular weight excluding hydrogens is 276 g/mol. The van der Waals surface area contributed by atoms with Crippen LogP contribution < -0.4 is 11.3 Å². The van der Waals surface area contributed by atoms with Crippen LogP contribution in [0.15, 0.2) is 53.4 Å². The van der Waals surface area contributed by atoms with Crippen LogP contribution in [0, 0.1) is 6.92 Å². The highest BCUT2D eigenvalue weighted by atomic mass is 35.5. The van der Waals surface area contributed by atoms with Gasteiger partial charge in [0.15, 0.2) is 0 Å². The van der Waals surface area contributed by atoms with Crippen molar-refractivity contribution in [2.24, 2.45) is 5.84 Å². The van der Waals surface area contributed by atoms with E-state index in [4.69, 9.17) is 17.4 Å². The number of halogens is 1. The molecule has 3 N–H and O–H groups in total. The lowest BCUT2D eigenvalue weighted by Crippen LogP contribution is -2.30. The summed E-state index contributed by atoms with van der Waals surface area (Å²) in [5, 5.41) is 0.785. The second kappa shape index (κ2) is 6.96. The molecule has 1 unspecified atom stereocenters. The van der Waals surface area contributed by atoms with Crippen LogP contribution in [0.3, 0.4) is 0 Å². The summed E-state index contributed by atoms with van der Waals surface area (Å²) >= 11 is 7.86. The van der Waals surface area contributed by atoms with Crippen molar-refractivity contribution in [3.63, 3.8) is 0 Å². The minimum atomic E-state index is 0.113. The Bertz CT molecular complexity index is 545. The number of benzene rings is 2. The summed E-state index contributed by atoms with van der Waals surface area (Å²) in [4.78, 5) is 1.08. The van der Waals surface area contributed by atoms with E-state index in [0.29, 0.717) is 0 Å². The molecule has 0 saturated heterocycles. The molecule has 0 aliphatic heterocycles. The van der Waals surface area contributed by atoms with Gasteiger partial charge in [-0.25, -0.2) is 0 Å². The number of hydrogen-bond acceptors (Lipinski definition) is 3. The molecule has 2 aromatic rings. The van der Waals surface area contributed by atoms with Gasteiger partial charge in [0.05, 0.1) is 11.1 Å². The number of nitrogens with two attached hydrogens (primary N) is 1. The lowest BCUT2D eigenvalue weighted by Gasteiger charge is -2.18. The molecule has 0 amide bonds. The highest BCUT2D eigenvalue weighted by Crippen LogP contribution is 2.30. The topological polar surface area (TPSA) is 38.0 Å². The van der Waals surface area contributed by atoms with Gasteiger partial charge in [0, 0.05) is 10.6 Å². The molecule has 0 bridgehead atoms. The second-order valence-electron chi connectivity index (χ2n) is 4.32. The smallest absolute Gasteiger partial charge is 0.0556 e. The Balaban J connectivity index is 2.09. The highest BCUT2D eigenvalue weighted by Gasteiger charge is 2.12. The van der Waals surface area contributed by atoms with E-state index in [1.165, 1.54) is 11.1 Å². The van der Waals surface area contributed by atoms with Gasteiger partial charge < -0.3 is 0 Å². The zero-order chi connectivity index (χ0) is 13.7. The molecule has 2 rings (SSSR count). The molecule has 0 aliphatic carbocycles. The lowest BCUT2D eigenvalue weighted by atomic mass is 10.0. The average Bonchev–Trinajstić information content (AvgIpc) is 2.43.